The van der Waals surface area contributed by atoms with Crippen molar-refractivity contribution in [2.24, 2.45) is 0 Å². The van der Waals surface area contributed by atoms with Crippen LogP contribution in [-0.2, 0) is 0 Å². The molecule has 0 aromatic heterocycles. The Morgan fingerprint density at radius 1 is 0.500 bits per heavy atom. The fourth-order valence-electron chi connectivity index (χ4n) is 4.54. The number of unbranched alkanes of at least 4 members (excludes halogenated alkanes) is 15. The molecule has 1 rings (SSSR count). The maximum atomic E-state index is 2.49. The van der Waals surface area contributed by atoms with Crippen LogP contribution >= 0.6 is 0 Å². The zero-order valence-corrected chi connectivity index (χ0v) is 19.1. The lowest BCUT2D eigenvalue weighted by atomic mass is 10.0. The van der Waals surface area contributed by atoms with E-state index in [1.165, 1.54) is 146 Å². The molecular weight excluding hydrogens is 338 g/mol. The molecule has 0 unspecified atom stereocenters. The Kier molecular flexibility index (Phi) is 18.8. The maximum Gasteiger partial charge on any atom is 0.0784 e. The molecule has 0 N–H and O–H groups in total. The van der Waals surface area contributed by atoms with E-state index in [9.17, 15) is 0 Å². The summed E-state index contributed by atoms with van der Waals surface area (Å²) in [6, 6.07) is 0. The molecule has 0 aliphatic carbocycles. The van der Waals surface area contributed by atoms with Gasteiger partial charge in [0.1, 0.15) is 0 Å². The highest BCUT2D eigenvalue weighted by Crippen LogP contribution is 2.18. The first-order valence-corrected chi connectivity index (χ1v) is 12.1. The standard InChI is InChI=1S/C24H50N.ClH/c1-3-4-5-6-7-8-9-10-11-12-13-14-15-16-17-19-22-25(2)23-20-18-21-24-25;/h3-24H2,1-2H3;1H/q+1;/p-1. The molecular formula is C24H50ClN. The van der Waals surface area contributed by atoms with Crippen molar-refractivity contribution >= 4 is 0 Å². The number of likely N-dealkylation sites (tertiary alicyclic amines) is 1. The molecule has 1 aliphatic heterocycles. The van der Waals surface area contributed by atoms with Gasteiger partial charge in [-0.15, -0.1) is 0 Å². The first kappa shape index (κ1) is 26.2. The first-order valence-electron chi connectivity index (χ1n) is 12.1. The fraction of sp³-hybridized carbons (Fsp3) is 1.00. The second-order valence-corrected chi connectivity index (χ2v) is 9.15. The van der Waals surface area contributed by atoms with Gasteiger partial charge in [-0.1, -0.05) is 96.8 Å². The molecule has 158 valence electrons. The van der Waals surface area contributed by atoms with Crippen molar-refractivity contribution in [3.63, 3.8) is 0 Å². The third-order valence-corrected chi connectivity index (χ3v) is 6.45. The van der Waals surface area contributed by atoms with Crippen molar-refractivity contribution in [2.45, 2.75) is 129 Å². The quantitative estimate of drug-likeness (QED) is 0.246. The monoisotopic (exact) mass is 387 g/mol. The van der Waals surface area contributed by atoms with Gasteiger partial charge in [0.25, 0.3) is 0 Å². The summed E-state index contributed by atoms with van der Waals surface area (Å²) >= 11 is 0. The fourth-order valence-corrected chi connectivity index (χ4v) is 4.54. The van der Waals surface area contributed by atoms with Crippen LogP contribution in [0.2, 0.25) is 0 Å². The summed E-state index contributed by atoms with van der Waals surface area (Å²) < 4.78 is 1.37. The van der Waals surface area contributed by atoms with Crippen LogP contribution in [0.15, 0.2) is 0 Å². The van der Waals surface area contributed by atoms with Crippen molar-refractivity contribution in [1.82, 2.24) is 0 Å². The Bertz CT molecular complexity index is 273. The van der Waals surface area contributed by atoms with Crippen LogP contribution in [0.4, 0.5) is 0 Å². The van der Waals surface area contributed by atoms with Gasteiger partial charge in [-0.2, -0.15) is 0 Å². The van der Waals surface area contributed by atoms with Gasteiger partial charge in [-0.3, -0.25) is 0 Å². The number of rotatable bonds is 17. The Labute approximate surface area is 172 Å². The van der Waals surface area contributed by atoms with Crippen LogP contribution in [0, 0.1) is 0 Å². The molecule has 1 nitrogen and oxygen atoms in total. The van der Waals surface area contributed by atoms with Gasteiger partial charge in [0.2, 0.25) is 0 Å². The summed E-state index contributed by atoms with van der Waals surface area (Å²) in [7, 11) is 2.49. The number of quaternary nitrogens is 1. The van der Waals surface area contributed by atoms with E-state index in [0.29, 0.717) is 0 Å². The van der Waals surface area contributed by atoms with Gasteiger partial charge in [-0.25, -0.2) is 0 Å². The predicted octanol–water partition coefficient (Wildman–Crippen LogP) is 4.88. The molecule has 0 amide bonds. The van der Waals surface area contributed by atoms with Crippen LogP contribution in [0.25, 0.3) is 0 Å². The van der Waals surface area contributed by atoms with Gasteiger partial charge in [0.05, 0.1) is 26.7 Å². The third-order valence-electron chi connectivity index (χ3n) is 6.45. The second kappa shape index (κ2) is 18.6. The molecule has 0 spiro atoms. The summed E-state index contributed by atoms with van der Waals surface area (Å²) in [6.45, 7) is 6.63. The first-order chi connectivity index (χ1) is 12.3. The Balaban J connectivity index is 0.00000625. The zero-order valence-electron chi connectivity index (χ0n) is 18.4. The summed E-state index contributed by atoms with van der Waals surface area (Å²) in [6.07, 6.45) is 28.0. The number of hydrogen-bond acceptors (Lipinski definition) is 0. The van der Waals surface area contributed by atoms with E-state index >= 15 is 0 Å². The highest BCUT2D eigenvalue weighted by molar-refractivity contribution is 4.53. The van der Waals surface area contributed by atoms with Crippen LogP contribution in [-0.4, -0.2) is 31.2 Å². The lowest BCUT2D eigenvalue weighted by Gasteiger charge is -2.37. The van der Waals surface area contributed by atoms with E-state index in [-0.39, 0.29) is 12.4 Å². The minimum atomic E-state index is 0. The maximum absolute atomic E-state index is 2.49. The predicted molar refractivity (Wildman–Crippen MR) is 114 cm³/mol. The third kappa shape index (κ3) is 15.3. The van der Waals surface area contributed by atoms with Gasteiger partial charge in [-0.05, 0) is 32.1 Å². The molecule has 26 heavy (non-hydrogen) atoms. The van der Waals surface area contributed by atoms with Crippen LogP contribution in [0.1, 0.15) is 129 Å². The van der Waals surface area contributed by atoms with Crippen LogP contribution in [0.3, 0.4) is 0 Å². The van der Waals surface area contributed by atoms with Gasteiger partial charge in [0.15, 0.2) is 0 Å². The molecule has 1 saturated heterocycles. The van der Waals surface area contributed by atoms with E-state index < -0.39 is 0 Å². The molecule has 0 bridgehead atoms. The Morgan fingerprint density at radius 3 is 1.23 bits per heavy atom. The molecule has 1 fully saturated rings. The van der Waals surface area contributed by atoms with Gasteiger partial charge < -0.3 is 16.9 Å². The average Bonchev–Trinajstić information content (AvgIpc) is 2.62. The second-order valence-electron chi connectivity index (χ2n) is 9.15. The summed E-state index contributed by atoms with van der Waals surface area (Å²) in [5.41, 5.74) is 0. The van der Waals surface area contributed by atoms with E-state index in [1.807, 2.05) is 0 Å². The molecule has 1 heterocycles. The molecule has 1 aliphatic rings. The van der Waals surface area contributed by atoms with E-state index in [0.717, 1.165) is 0 Å². The Hall–Kier alpha value is 0.250. The molecule has 0 aromatic carbocycles. The van der Waals surface area contributed by atoms with E-state index in [4.69, 9.17) is 0 Å². The normalized spacial score (nSPS) is 16.4. The van der Waals surface area contributed by atoms with Gasteiger partial charge in [0, 0.05) is 0 Å². The molecule has 0 aromatic rings. The summed E-state index contributed by atoms with van der Waals surface area (Å²) in [5, 5.41) is 0. The number of nitrogens with zero attached hydrogens (tertiary/aromatic N) is 1. The van der Waals surface area contributed by atoms with Crippen molar-refractivity contribution in [2.75, 3.05) is 26.7 Å². The number of halogens is 1. The van der Waals surface area contributed by atoms with Crippen molar-refractivity contribution in [3.8, 4) is 0 Å². The Morgan fingerprint density at radius 2 is 0.846 bits per heavy atom. The van der Waals surface area contributed by atoms with Crippen molar-refractivity contribution in [3.05, 3.63) is 0 Å². The smallest absolute Gasteiger partial charge is 0.0784 e. The van der Waals surface area contributed by atoms with Gasteiger partial charge >= 0.3 is 0 Å². The molecule has 0 atom stereocenters. The lowest BCUT2D eigenvalue weighted by molar-refractivity contribution is -0.914. The largest absolute Gasteiger partial charge is 1.00 e. The van der Waals surface area contributed by atoms with Crippen LogP contribution in [0.5, 0.6) is 0 Å². The lowest BCUT2D eigenvalue weighted by Crippen LogP contribution is -3.00. The van der Waals surface area contributed by atoms with Crippen LogP contribution < -0.4 is 12.4 Å². The topological polar surface area (TPSA) is 0 Å². The molecule has 0 radical (unpaired) electrons. The van der Waals surface area contributed by atoms with Crippen molar-refractivity contribution < 1.29 is 16.9 Å². The minimum Gasteiger partial charge on any atom is -1.00 e. The SMILES string of the molecule is CCCCCCCCCCCCCCCCCC[N+]1(C)CCCCC1.[Cl-]. The molecule has 0 saturated carbocycles. The van der Waals surface area contributed by atoms with E-state index in [1.54, 1.807) is 0 Å². The minimum absolute atomic E-state index is 0. The molecule has 2 heteroatoms. The number of piperidine rings is 1. The highest BCUT2D eigenvalue weighted by Gasteiger charge is 2.23. The zero-order chi connectivity index (χ0) is 18.1. The average molecular weight is 388 g/mol. The van der Waals surface area contributed by atoms with Crippen molar-refractivity contribution in [1.29, 1.82) is 0 Å². The summed E-state index contributed by atoms with van der Waals surface area (Å²) in [4.78, 5) is 0. The highest BCUT2D eigenvalue weighted by atomic mass is 35.5. The number of hydrogen-bond donors (Lipinski definition) is 0. The summed E-state index contributed by atoms with van der Waals surface area (Å²) in [5.74, 6) is 0. The van der Waals surface area contributed by atoms with E-state index in [2.05, 4.69) is 14.0 Å².